The largest absolute Gasteiger partial charge is 0.387 e. The van der Waals surface area contributed by atoms with E-state index in [0.717, 1.165) is 6.54 Å². The first-order chi connectivity index (χ1) is 10.1. The van der Waals surface area contributed by atoms with E-state index >= 15 is 0 Å². The third-order valence-corrected chi connectivity index (χ3v) is 5.57. The number of aryl methyl sites for hydroxylation is 2. The summed E-state index contributed by atoms with van der Waals surface area (Å²) in [6, 6.07) is 7.45. The van der Waals surface area contributed by atoms with E-state index in [-0.39, 0.29) is 0 Å². The van der Waals surface area contributed by atoms with Gasteiger partial charge in [0, 0.05) is 38.5 Å². The van der Waals surface area contributed by atoms with Crippen LogP contribution in [0.4, 0.5) is 0 Å². The van der Waals surface area contributed by atoms with E-state index in [1.807, 2.05) is 11.3 Å². The maximum atomic E-state index is 10.2. The molecule has 1 aromatic heterocycles. The fourth-order valence-electron chi connectivity index (χ4n) is 2.69. The minimum atomic E-state index is -0.650. The summed E-state index contributed by atoms with van der Waals surface area (Å²) in [4.78, 5) is 2.87. The SMILES string of the molecule is OC(CNCc1cc2c(s1)CCC2)c1cc(Cl)ccc1Cl. The van der Waals surface area contributed by atoms with E-state index in [0.29, 0.717) is 22.2 Å². The summed E-state index contributed by atoms with van der Waals surface area (Å²) in [5.74, 6) is 0. The number of rotatable bonds is 5. The van der Waals surface area contributed by atoms with Crippen molar-refractivity contribution in [3.05, 3.63) is 55.2 Å². The Balaban J connectivity index is 1.55. The lowest BCUT2D eigenvalue weighted by Gasteiger charge is -2.13. The molecule has 1 atom stereocenters. The Morgan fingerprint density at radius 1 is 1.24 bits per heavy atom. The van der Waals surface area contributed by atoms with E-state index < -0.39 is 6.10 Å². The van der Waals surface area contributed by atoms with Crippen molar-refractivity contribution in [2.24, 2.45) is 0 Å². The Labute approximate surface area is 138 Å². The number of halogens is 2. The van der Waals surface area contributed by atoms with Gasteiger partial charge in [0.15, 0.2) is 0 Å². The maximum Gasteiger partial charge on any atom is 0.0929 e. The predicted molar refractivity (Wildman–Crippen MR) is 89.5 cm³/mol. The summed E-state index contributed by atoms with van der Waals surface area (Å²) >= 11 is 13.9. The molecule has 0 aliphatic heterocycles. The van der Waals surface area contributed by atoms with Crippen LogP contribution in [0, 0.1) is 0 Å². The van der Waals surface area contributed by atoms with Crippen LogP contribution in [-0.2, 0) is 19.4 Å². The van der Waals surface area contributed by atoms with Crippen LogP contribution in [0.5, 0.6) is 0 Å². The first-order valence-electron chi connectivity index (χ1n) is 7.07. The van der Waals surface area contributed by atoms with Crippen molar-refractivity contribution in [1.29, 1.82) is 0 Å². The van der Waals surface area contributed by atoms with Crippen LogP contribution in [-0.4, -0.2) is 11.7 Å². The molecule has 1 heterocycles. The zero-order chi connectivity index (χ0) is 14.8. The van der Waals surface area contributed by atoms with Gasteiger partial charge in [-0.25, -0.2) is 0 Å². The van der Waals surface area contributed by atoms with Gasteiger partial charge >= 0.3 is 0 Å². The van der Waals surface area contributed by atoms with Crippen LogP contribution in [0.3, 0.4) is 0 Å². The fourth-order valence-corrected chi connectivity index (χ4v) is 4.34. The molecule has 3 rings (SSSR count). The van der Waals surface area contributed by atoms with E-state index in [2.05, 4.69) is 11.4 Å². The van der Waals surface area contributed by atoms with E-state index in [4.69, 9.17) is 23.2 Å². The lowest BCUT2D eigenvalue weighted by molar-refractivity contribution is 0.174. The number of benzene rings is 1. The summed E-state index contributed by atoms with van der Waals surface area (Å²) in [5, 5.41) is 14.6. The average molecular weight is 342 g/mol. The first kappa shape index (κ1) is 15.3. The molecule has 0 radical (unpaired) electrons. The number of nitrogens with one attached hydrogen (secondary N) is 1. The average Bonchev–Trinajstić information content (AvgIpc) is 3.02. The number of aliphatic hydroxyl groups is 1. The molecule has 1 aliphatic rings. The molecule has 0 saturated carbocycles. The minimum Gasteiger partial charge on any atom is -0.387 e. The predicted octanol–water partition coefficient (Wildman–Crippen LogP) is 4.37. The van der Waals surface area contributed by atoms with Gasteiger partial charge in [0.1, 0.15) is 0 Å². The Hall–Kier alpha value is -0.580. The van der Waals surface area contributed by atoms with Crippen LogP contribution in [0.15, 0.2) is 24.3 Å². The normalized spacial score (nSPS) is 15.2. The van der Waals surface area contributed by atoms with Crippen molar-refractivity contribution in [3.63, 3.8) is 0 Å². The summed E-state index contributed by atoms with van der Waals surface area (Å²) in [6.07, 6.45) is 3.08. The Kier molecular flexibility index (Phi) is 4.87. The molecular weight excluding hydrogens is 325 g/mol. The highest BCUT2D eigenvalue weighted by atomic mass is 35.5. The molecule has 112 valence electrons. The summed E-state index contributed by atoms with van der Waals surface area (Å²) in [6.45, 7) is 1.25. The zero-order valence-electron chi connectivity index (χ0n) is 11.5. The third kappa shape index (κ3) is 3.61. The molecule has 1 unspecified atom stereocenters. The molecule has 0 spiro atoms. The van der Waals surface area contributed by atoms with E-state index in [1.165, 1.54) is 34.6 Å². The van der Waals surface area contributed by atoms with Crippen LogP contribution in [0.2, 0.25) is 10.0 Å². The third-order valence-electron chi connectivity index (χ3n) is 3.75. The van der Waals surface area contributed by atoms with Crippen molar-refractivity contribution in [3.8, 4) is 0 Å². The monoisotopic (exact) mass is 341 g/mol. The van der Waals surface area contributed by atoms with Gasteiger partial charge in [-0.1, -0.05) is 23.2 Å². The smallest absolute Gasteiger partial charge is 0.0929 e. The highest BCUT2D eigenvalue weighted by Gasteiger charge is 2.15. The molecule has 0 fully saturated rings. The molecule has 1 aromatic carbocycles. The van der Waals surface area contributed by atoms with Gasteiger partial charge in [-0.15, -0.1) is 11.3 Å². The Morgan fingerprint density at radius 2 is 2.10 bits per heavy atom. The molecule has 0 amide bonds. The Bertz CT molecular complexity index is 620. The molecule has 0 bridgehead atoms. The number of thiophene rings is 1. The fraction of sp³-hybridized carbons (Fsp3) is 0.375. The first-order valence-corrected chi connectivity index (χ1v) is 8.65. The Morgan fingerprint density at radius 3 is 2.90 bits per heavy atom. The van der Waals surface area contributed by atoms with Crippen molar-refractivity contribution in [1.82, 2.24) is 5.32 Å². The zero-order valence-corrected chi connectivity index (χ0v) is 13.9. The molecule has 5 heteroatoms. The molecule has 2 aromatic rings. The second-order valence-corrected chi connectivity index (χ2v) is 7.39. The quantitative estimate of drug-likeness (QED) is 0.846. The van der Waals surface area contributed by atoms with Crippen LogP contribution in [0.1, 0.15) is 33.4 Å². The van der Waals surface area contributed by atoms with Crippen molar-refractivity contribution in [2.75, 3.05) is 6.54 Å². The lowest BCUT2D eigenvalue weighted by atomic mass is 10.1. The number of aliphatic hydroxyl groups excluding tert-OH is 1. The molecule has 1 aliphatic carbocycles. The molecular formula is C16H17Cl2NOS. The van der Waals surface area contributed by atoms with Gasteiger partial charge in [-0.3, -0.25) is 0 Å². The van der Waals surface area contributed by atoms with Gasteiger partial charge in [0.2, 0.25) is 0 Å². The highest BCUT2D eigenvalue weighted by molar-refractivity contribution is 7.12. The van der Waals surface area contributed by atoms with Crippen molar-refractivity contribution < 1.29 is 5.11 Å². The number of fused-ring (bicyclic) bond motifs is 1. The van der Waals surface area contributed by atoms with Gasteiger partial charge in [-0.2, -0.15) is 0 Å². The molecule has 21 heavy (non-hydrogen) atoms. The summed E-state index contributed by atoms with van der Waals surface area (Å²) in [5.41, 5.74) is 2.18. The van der Waals surface area contributed by atoms with Gasteiger partial charge in [-0.05, 0) is 49.1 Å². The second-order valence-electron chi connectivity index (χ2n) is 5.33. The second kappa shape index (κ2) is 6.67. The van der Waals surface area contributed by atoms with Crippen molar-refractivity contribution in [2.45, 2.75) is 31.9 Å². The highest BCUT2D eigenvalue weighted by Crippen LogP contribution is 2.30. The van der Waals surface area contributed by atoms with Crippen LogP contribution in [0.25, 0.3) is 0 Å². The lowest BCUT2D eigenvalue weighted by Crippen LogP contribution is -2.20. The van der Waals surface area contributed by atoms with Crippen LogP contribution < -0.4 is 5.32 Å². The van der Waals surface area contributed by atoms with Crippen LogP contribution >= 0.6 is 34.5 Å². The number of hydrogen-bond acceptors (Lipinski definition) is 3. The molecule has 0 saturated heterocycles. The minimum absolute atomic E-state index is 0.461. The standard InChI is InChI=1S/C16H17Cl2NOS/c17-11-4-5-14(18)13(7-11)15(20)9-19-8-12-6-10-2-1-3-16(10)21-12/h4-7,15,19-20H,1-3,8-9H2. The molecule has 2 nitrogen and oxygen atoms in total. The summed E-state index contributed by atoms with van der Waals surface area (Å²) in [7, 11) is 0. The van der Waals surface area contributed by atoms with Crippen molar-refractivity contribution >= 4 is 34.5 Å². The van der Waals surface area contributed by atoms with Gasteiger partial charge in [0.05, 0.1) is 6.10 Å². The summed E-state index contributed by atoms with van der Waals surface area (Å²) < 4.78 is 0. The van der Waals surface area contributed by atoms with Gasteiger partial charge < -0.3 is 10.4 Å². The number of hydrogen-bond donors (Lipinski definition) is 2. The maximum absolute atomic E-state index is 10.2. The topological polar surface area (TPSA) is 32.3 Å². The molecule has 2 N–H and O–H groups in total. The van der Waals surface area contributed by atoms with Gasteiger partial charge in [0.25, 0.3) is 0 Å². The van der Waals surface area contributed by atoms with E-state index in [1.54, 1.807) is 18.2 Å². The van der Waals surface area contributed by atoms with E-state index in [9.17, 15) is 5.11 Å².